The summed E-state index contributed by atoms with van der Waals surface area (Å²) in [6, 6.07) is 3.91. The van der Waals surface area contributed by atoms with Crippen LogP contribution in [-0.2, 0) is 33.4 Å². The van der Waals surface area contributed by atoms with Gasteiger partial charge in [-0.3, -0.25) is 4.79 Å². The van der Waals surface area contributed by atoms with E-state index in [9.17, 15) is 35.1 Å². The summed E-state index contributed by atoms with van der Waals surface area (Å²) in [4.78, 5) is 29.7. The third-order valence-corrected chi connectivity index (χ3v) is 6.17. The van der Waals surface area contributed by atoms with Crippen molar-refractivity contribution in [3.8, 4) is 11.5 Å². The number of carbonyl (C=O) groups is 2. The van der Waals surface area contributed by atoms with Crippen LogP contribution in [0.15, 0.2) is 24.3 Å². The van der Waals surface area contributed by atoms with Crippen LogP contribution in [0, 0.1) is 0 Å². The molecule has 14 nitrogen and oxygen atoms in total. The molecule has 0 heterocycles. The molecule has 0 aliphatic heterocycles. The highest BCUT2D eigenvalue weighted by atomic mass is 16.6. The Bertz CT molecular complexity index is 962. The van der Waals surface area contributed by atoms with Gasteiger partial charge in [0.1, 0.15) is 17.8 Å². The van der Waals surface area contributed by atoms with E-state index >= 15 is 0 Å². The van der Waals surface area contributed by atoms with Crippen LogP contribution in [0.2, 0.25) is 0 Å². The van der Waals surface area contributed by atoms with E-state index < -0.39 is 48.6 Å². The lowest BCUT2D eigenvalue weighted by Gasteiger charge is -2.40. The number of aliphatic hydroxyl groups excluding tert-OH is 2. The number of ether oxygens (including phenoxy) is 4. The summed E-state index contributed by atoms with van der Waals surface area (Å²) in [6.07, 6.45) is -1.59. The van der Waals surface area contributed by atoms with Crippen molar-refractivity contribution in [3.05, 3.63) is 29.8 Å². The van der Waals surface area contributed by atoms with Crippen molar-refractivity contribution < 1.29 is 58.9 Å². The molecular formula is C27H42N2O12. The van der Waals surface area contributed by atoms with E-state index in [1.54, 1.807) is 7.11 Å². The van der Waals surface area contributed by atoms with Crippen molar-refractivity contribution in [2.75, 3.05) is 59.8 Å². The Balaban J connectivity index is 1.64. The van der Waals surface area contributed by atoms with Crippen molar-refractivity contribution >= 4 is 18.0 Å². The summed E-state index contributed by atoms with van der Waals surface area (Å²) in [6.45, 7) is 3.55. The molecule has 232 valence electrons. The molecule has 2 rings (SSSR count). The zero-order chi connectivity index (χ0) is 30.1. The molecule has 1 amide bonds. The summed E-state index contributed by atoms with van der Waals surface area (Å²) in [5, 5.41) is 52.8. The standard InChI is InChI=1S/C27H42N2O12/c1-37-29-9-3-11-39-13-15-40-14-12-38-10-2-8-28-26(35)27(36)17-22(32)25(34)23(18-27)41-24(33)7-5-19-4-6-20(30)21(31)16-19/h4-7,16,22-23,25,29-32,34,36H,2-3,8-15,17-18H2,1H3,(H,28,35). The molecule has 1 aliphatic rings. The lowest BCUT2D eigenvalue weighted by Crippen LogP contribution is -2.59. The fourth-order valence-corrected chi connectivity index (χ4v) is 3.98. The van der Waals surface area contributed by atoms with Gasteiger partial charge in [0.15, 0.2) is 11.5 Å². The van der Waals surface area contributed by atoms with Gasteiger partial charge in [-0.15, -0.1) is 0 Å². The Morgan fingerprint density at radius 1 is 0.951 bits per heavy atom. The van der Waals surface area contributed by atoms with E-state index in [-0.39, 0.29) is 18.0 Å². The second-order valence-electron chi connectivity index (χ2n) is 9.45. The van der Waals surface area contributed by atoms with Gasteiger partial charge in [0.25, 0.3) is 5.91 Å². The highest BCUT2D eigenvalue weighted by molar-refractivity contribution is 5.88. The van der Waals surface area contributed by atoms with Gasteiger partial charge in [0.2, 0.25) is 0 Å². The Hall–Kier alpha value is -2.82. The summed E-state index contributed by atoms with van der Waals surface area (Å²) < 4.78 is 21.4. The molecule has 0 saturated heterocycles. The van der Waals surface area contributed by atoms with Crippen LogP contribution in [0.25, 0.3) is 6.08 Å². The van der Waals surface area contributed by atoms with E-state index in [1.807, 2.05) is 0 Å². The number of benzene rings is 1. The Morgan fingerprint density at radius 2 is 1.59 bits per heavy atom. The number of hydrogen-bond acceptors (Lipinski definition) is 13. The lowest BCUT2D eigenvalue weighted by atomic mass is 9.79. The molecule has 0 radical (unpaired) electrons. The van der Waals surface area contributed by atoms with E-state index in [0.29, 0.717) is 58.2 Å². The van der Waals surface area contributed by atoms with Crippen molar-refractivity contribution in [2.45, 2.75) is 49.6 Å². The number of phenols is 2. The van der Waals surface area contributed by atoms with Crippen LogP contribution in [0.5, 0.6) is 11.5 Å². The third-order valence-electron chi connectivity index (χ3n) is 6.17. The van der Waals surface area contributed by atoms with E-state index in [2.05, 4.69) is 10.8 Å². The van der Waals surface area contributed by atoms with Crippen molar-refractivity contribution in [3.63, 3.8) is 0 Å². The number of hydroxylamine groups is 1. The number of hydrogen-bond donors (Lipinski definition) is 7. The normalized spacial score (nSPS) is 22.6. The molecule has 0 bridgehead atoms. The van der Waals surface area contributed by atoms with Gasteiger partial charge in [-0.2, -0.15) is 0 Å². The first-order valence-electron chi connectivity index (χ1n) is 13.4. The van der Waals surface area contributed by atoms with Gasteiger partial charge >= 0.3 is 5.97 Å². The Kier molecular flexibility index (Phi) is 15.6. The minimum atomic E-state index is -2.06. The van der Waals surface area contributed by atoms with E-state index in [0.717, 1.165) is 12.5 Å². The number of aromatic hydroxyl groups is 2. The fourth-order valence-electron chi connectivity index (χ4n) is 3.98. The number of rotatable bonds is 19. The van der Waals surface area contributed by atoms with Crippen LogP contribution in [0.1, 0.15) is 31.2 Å². The largest absolute Gasteiger partial charge is 0.504 e. The lowest BCUT2D eigenvalue weighted by molar-refractivity contribution is -0.187. The molecule has 1 aromatic rings. The smallest absolute Gasteiger partial charge is 0.331 e. The van der Waals surface area contributed by atoms with Crippen LogP contribution in [0.3, 0.4) is 0 Å². The van der Waals surface area contributed by atoms with Crippen LogP contribution >= 0.6 is 0 Å². The molecule has 41 heavy (non-hydrogen) atoms. The highest BCUT2D eigenvalue weighted by Gasteiger charge is 2.50. The topological polar surface area (TPSA) is 205 Å². The Morgan fingerprint density at radius 3 is 2.22 bits per heavy atom. The summed E-state index contributed by atoms with van der Waals surface area (Å²) in [5.74, 6) is -2.36. The first-order chi connectivity index (χ1) is 19.7. The number of aliphatic hydroxyl groups is 3. The van der Waals surface area contributed by atoms with E-state index in [4.69, 9.17) is 23.8 Å². The van der Waals surface area contributed by atoms with Gasteiger partial charge in [-0.1, -0.05) is 6.07 Å². The molecule has 0 spiro atoms. The minimum Gasteiger partial charge on any atom is -0.504 e. The van der Waals surface area contributed by atoms with Gasteiger partial charge < -0.3 is 54.6 Å². The molecule has 1 saturated carbocycles. The SMILES string of the molecule is CONCCCOCCOCCOCCCNC(=O)C1(O)CC(O)C(O)C(OC(=O)C=Cc2ccc(O)c(O)c2)C1. The zero-order valence-corrected chi connectivity index (χ0v) is 23.2. The number of carbonyl (C=O) groups excluding carboxylic acids is 2. The maximum Gasteiger partial charge on any atom is 0.331 e. The number of esters is 1. The van der Waals surface area contributed by atoms with Crippen LogP contribution < -0.4 is 10.8 Å². The molecule has 1 aromatic carbocycles. The predicted octanol–water partition coefficient (Wildman–Crippen LogP) is -0.633. The summed E-state index contributed by atoms with van der Waals surface area (Å²) >= 11 is 0. The number of amides is 1. The molecule has 1 aliphatic carbocycles. The molecule has 7 N–H and O–H groups in total. The summed E-state index contributed by atoms with van der Waals surface area (Å²) in [7, 11) is 1.56. The molecule has 4 unspecified atom stereocenters. The second-order valence-corrected chi connectivity index (χ2v) is 9.45. The Labute approximate surface area is 238 Å². The van der Waals surface area contributed by atoms with Crippen LogP contribution in [0.4, 0.5) is 0 Å². The summed E-state index contributed by atoms with van der Waals surface area (Å²) in [5.41, 5.74) is 1.05. The number of nitrogens with one attached hydrogen (secondary N) is 2. The molecule has 4 atom stereocenters. The maximum atomic E-state index is 12.7. The van der Waals surface area contributed by atoms with Gasteiger partial charge in [0.05, 0.1) is 39.6 Å². The zero-order valence-electron chi connectivity index (χ0n) is 23.2. The van der Waals surface area contributed by atoms with Crippen molar-refractivity contribution in [2.24, 2.45) is 0 Å². The molecular weight excluding hydrogens is 544 g/mol. The number of phenolic OH excluding ortho intramolecular Hbond substituents is 2. The molecule has 14 heteroatoms. The predicted molar refractivity (Wildman–Crippen MR) is 145 cm³/mol. The average Bonchev–Trinajstić information content (AvgIpc) is 2.94. The quantitative estimate of drug-likeness (QED) is 0.0355. The van der Waals surface area contributed by atoms with Crippen molar-refractivity contribution in [1.82, 2.24) is 10.8 Å². The first-order valence-corrected chi connectivity index (χ1v) is 13.4. The third kappa shape index (κ3) is 12.7. The maximum absolute atomic E-state index is 12.7. The fraction of sp³-hybridized carbons (Fsp3) is 0.630. The minimum absolute atomic E-state index is 0.194. The highest BCUT2D eigenvalue weighted by Crippen LogP contribution is 2.31. The van der Waals surface area contributed by atoms with Gasteiger partial charge in [-0.05, 0) is 36.6 Å². The van der Waals surface area contributed by atoms with E-state index in [1.165, 1.54) is 24.3 Å². The van der Waals surface area contributed by atoms with Gasteiger partial charge in [-0.25, -0.2) is 10.3 Å². The molecule has 0 aromatic heterocycles. The van der Waals surface area contributed by atoms with Crippen molar-refractivity contribution in [1.29, 1.82) is 0 Å². The average molecular weight is 587 g/mol. The first kappa shape index (κ1) is 34.4. The monoisotopic (exact) mass is 586 g/mol. The second kappa shape index (κ2) is 18.6. The molecule has 1 fully saturated rings. The van der Waals surface area contributed by atoms with Gasteiger partial charge in [0, 0.05) is 45.2 Å². The van der Waals surface area contributed by atoms with Crippen LogP contribution in [-0.4, -0.2) is 121 Å².